The lowest BCUT2D eigenvalue weighted by Gasteiger charge is -2.32. The summed E-state index contributed by atoms with van der Waals surface area (Å²) in [6, 6.07) is 5.07. The number of likely N-dealkylation sites (tertiary alicyclic amines) is 1. The molecule has 1 saturated heterocycles. The summed E-state index contributed by atoms with van der Waals surface area (Å²) in [4.78, 5) is 14.1. The third kappa shape index (κ3) is 3.09. The van der Waals surface area contributed by atoms with Crippen molar-refractivity contribution in [1.82, 2.24) is 4.90 Å². The molecule has 1 aromatic rings. The van der Waals surface area contributed by atoms with Crippen LogP contribution in [0, 0.1) is 9.49 Å². The highest BCUT2D eigenvalue weighted by atomic mass is 127. The van der Waals surface area contributed by atoms with Crippen LogP contribution in [0.25, 0.3) is 0 Å². The van der Waals surface area contributed by atoms with Crippen molar-refractivity contribution in [1.29, 1.82) is 0 Å². The molecule has 0 saturated carbocycles. The Labute approximate surface area is 125 Å². The molecule has 3 nitrogen and oxygen atoms in total. The van der Waals surface area contributed by atoms with E-state index in [1.165, 1.54) is 0 Å². The monoisotopic (exact) mass is 379 g/mol. The second-order valence-electron chi connectivity index (χ2n) is 4.58. The van der Waals surface area contributed by atoms with Crippen molar-refractivity contribution >= 4 is 40.1 Å². The zero-order valence-corrected chi connectivity index (χ0v) is 12.8. The van der Waals surface area contributed by atoms with E-state index in [2.05, 4.69) is 22.6 Å². The van der Waals surface area contributed by atoms with E-state index in [0.717, 1.165) is 23.0 Å². The van der Waals surface area contributed by atoms with Gasteiger partial charge in [0.15, 0.2) is 0 Å². The number of piperidine rings is 1. The molecule has 1 N–H and O–H groups in total. The number of alkyl halides is 1. The van der Waals surface area contributed by atoms with Crippen molar-refractivity contribution in [2.45, 2.75) is 12.8 Å². The number of hydrogen-bond donors (Lipinski definition) is 1. The van der Waals surface area contributed by atoms with E-state index in [1.54, 1.807) is 23.1 Å². The molecule has 0 radical (unpaired) electrons. The van der Waals surface area contributed by atoms with Gasteiger partial charge >= 0.3 is 0 Å². The molecule has 0 aromatic heterocycles. The summed E-state index contributed by atoms with van der Waals surface area (Å²) in [5.74, 6) is 0.908. The van der Waals surface area contributed by atoms with E-state index in [9.17, 15) is 9.90 Å². The third-order valence-electron chi connectivity index (χ3n) is 3.21. The smallest absolute Gasteiger partial charge is 0.257 e. The van der Waals surface area contributed by atoms with Gasteiger partial charge in [-0.15, -0.1) is 11.6 Å². The van der Waals surface area contributed by atoms with E-state index < -0.39 is 0 Å². The first-order valence-corrected chi connectivity index (χ1v) is 7.57. The lowest BCUT2D eigenvalue weighted by molar-refractivity contribution is 0.0681. The molecule has 1 aromatic carbocycles. The van der Waals surface area contributed by atoms with Gasteiger partial charge in [-0.05, 0) is 59.5 Å². The summed E-state index contributed by atoms with van der Waals surface area (Å²) in [5.41, 5.74) is 0.386. The minimum Gasteiger partial charge on any atom is -0.507 e. The van der Waals surface area contributed by atoms with Crippen molar-refractivity contribution in [3.63, 3.8) is 0 Å². The first-order valence-electron chi connectivity index (χ1n) is 5.95. The highest BCUT2D eigenvalue weighted by Crippen LogP contribution is 2.24. The normalized spacial score (nSPS) is 19.9. The first-order chi connectivity index (χ1) is 8.61. The summed E-state index contributed by atoms with van der Waals surface area (Å²) in [6.07, 6.45) is 2.05. The second-order valence-corrected chi connectivity index (χ2v) is 6.13. The number of aromatic hydroxyl groups is 1. The highest BCUT2D eigenvalue weighted by molar-refractivity contribution is 14.1. The van der Waals surface area contributed by atoms with Crippen LogP contribution in [0.2, 0.25) is 0 Å². The zero-order valence-electron chi connectivity index (χ0n) is 9.90. The number of nitrogens with zero attached hydrogens (tertiary/aromatic N) is 1. The summed E-state index contributed by atoms with van der Waals surface area (Å²) >= 11 is 8.00. The Bertz CT molecular complexity index is 453. The van der Waals surface area contributed by atoms with E-state index in [4.69, 9.17) is 11.6 Å². The van der Waals surface area contributed by atoms with Gasteiger partial charge in [-0.25, -0.2) is 0 Å². The maximum atomic E-state index is 12.4. The molecule has 18 heavy (non-hydrogen) atoms. The molecule has 1 unspecified atom stereocenters. The fourth-order valence-electron chi connectivity index (χ4n) is 2.23. The van der Waals surface area contributed by atoms with Crippen LogP contribution in [-0.2, 0) is 0 Å². The van der Waals surface area contributed by atoms with Gasteiger partial charge < -0.3 is 10.0 Å². The number of rotatable bonds is 2. The van der Waals surface area contributed by atoms with Gasteiger partial charge in [0.2, 0.25) is 0 Å². The van der Waals surface area contributed by atoms with Gasteiger partial charge in [0.05, 0.1) is 5.56 Å². The van der Waals surface area contributed by atoms with Crippen LogP contribution in [-0.4, -0.2) is 34.9 Å². The summed E-state index contributed by atoms with van der Waals surface area (Å²) in [6.45, 7) is 1.43. The summed E-state index contributed by atoms with van der Waals surface area (Å²) in [5, 5.41) is 9.78. The standard InChI is InChI=1S/C13H15ClINO2/c14-7-9-2-1-5-16(8-9)13(18)11-6-10(15)3-4-12(11)17/h3-4,6,9,17H,1-2,5,7-8H2. The molecule has 1 amide bonds. The largest absolute Gasteiger partial charge is 0.507 e. The van der Waals surface area contributed by atoms with Crippen molar-refractivity contribution in [3.8, 4) is 5.75 Å². The molecular weight excluding hydrogens is 365 g/mol. The van der Waals surface area contributed by atoms with Gasteiger partial charge in [0.1, 0.15) is 5.75 Å². The van der Waals surface area contributed by atoms with E-state index in [1.807, 2.05) is 0 Å². The Balaban J connectivity index is 2.17. The van der Waals surface area contributed by atoms with Gasteiger partial charge in [-0.2, -0.15) is 0 Å². The summed E-state index contributed by atoms with van der Waals surface area (Å²) < 4.78 is 0.944. The van der Waals surface area contributed by atoms with Crippen LogP contribution >= 0.6 is 34.2 Å². The molecule has 1 fully saturated rings. The molecule has 0 aliphatic carbocycles. The molecule has 2 rings (SSSR count). The first kappa shape index (κ1) is 13.9. The highest BCUT2D eigenvalue weighted by Gasteiger charge is 2.25. The number of phenolic OH excluding ortho intramolecular Hbond substituents is 1. The van der Waals surface area contributed by atoms with Crippen LogP contribution < -0.4 is 0 Å². The topological polar surface area (TPSA) is 40.5 Å². The van der Waals surface area contributed by atoms with Crippen LogP contribution in [0.1, 0.15) is 23.2 Å². The molecular formula is C13H15ClINO2. The molecule has 98 valence electrons. The SMILES string of the molecule is O=C(c1cc(I)ccc1O)N1CCCC(CCl)C1. The van der Waals surface area contributed by atoms with Crippen molar-refractivity contribution in [3.05, 3.63) is 27.3 Å². The third-order valence-corrected chi connectivity index (χ3v) is 4.32. The van der Waals surface area contributed by atoms with E-state index in [-0.39, 0.29) is 11.7 Å². The molecule has 1 aliphatic heterocycles. The Morgan fingerprint density at radius 3 is 3.06 bits per heavy atom. The van der Waals surface area contributed by atoms with Crippen molar-refractivity contribution in [2.75, 3.05) is 19.0 Å². The van der Waals surface area contributed by atoms with Crippen LogP contribution in [0.3, 0.4) is 0 Å². The van der Waals surface area contributed by atoms with E-state index in [0.29, 0.717) is 23.9 Å². The Kier molecular flexibility index (Phi) is 4.72. The van der Waals surface area contributed by atoms with Crippen LogP contribution in [0.15, 0.2) is 18.2 Å². The fraction of sp³-hybridized carbons (Fsp3) is 0.462. The van der Waals surface area contributed by atoms with E-state index >= 15 is 0 Å². The Morgan fingerprint density at radius 2 is 2.33 bits per heavy atom. The molecule has 1 heterocycles. The fourth-order valence-corrected chi connectivity index (χ4v) is 2.97. The quantitative estimate of drug-likeness (QED) is 0.634. The molecule has 0 spiro atoms. The second kappa shape index (κ2) is 6.10. The average molecular weight is 380 g/mol. The number of phenols is 1. The number of carbonyl (C=O) groups is 1. The lowest BCUT2D eigenvalue weighted by Crippen LogP contribution is -2.40. The molecule has 1 aliphatic rings. The maximum absolute atomic E-state index is 12.4. The number of hydrogen-bond acceptors (Lipinski definition) is 2. The predicted octanol–water partition coefficient (Wildman–Crippen LogP) is 3.09. The average Bonchev–Trinajstić information content (AvgIpc) is 2.41. The minimum absolute atomic E-state index is 0.0495. The zero-order chi connectivity index (χ0) is 13.1. The molecule has 5 heteroatoms. The van der Waals surface area contributed by atoms with Gasteiger partial charge in [-0.1, -0.05) is 0 Å². The van der Waals surface area contributed by atoms with Crippen molar-refractivity contribution < 1.29 is 9.90 Å². The summed E-state index contributed by atoms with van der Waals surface area (Å²) in [7, 11) is 0. The molecule has 0 bridgehead atoms. The van der Waals surface area contributed by atoms with Crippen LogP contribution in [0.4, 0.5) is 0 Å². The number of halogens is 2. The Morgan fingerprint density at radius 1 is 1.56 bits per heavy atom. The number of carbonyl (C=O) groups excluding carboxylic acids is 1. The maximum Gasteiger partial charge on any atom is 0.257 e. The lowest BCUT2D eigenvalue weighted by atomic mass is 9.99. The van der Waals surface area contributed by atoms with Crippen molar-refractivity contribution in [2.24, 2.45) is 5.92 Å². The van der Waals surface area contributed by atoms with Crippen LogP contribution in [0.5, 0.6) is 5.75 Å². The number of amides is 1. The van der Waals surface area contributed by atoms with Gasteiger partial charge in [-0.3, -0.25) is 4.79 Å². The molecule has 1 atom stereocenters. The van der Waals surface area contributed by atoms with Gasteiger partial charge in [0, 0.05) is 22.5 Å². The number of benzene rings is 1. The Hall–Kier alpha value is -0.490. The van der Waals surface area contributed by atoms with Gasteiger partial charge in [0.25, 0.3) is 5.91 Å². The predicted molar refractivity (Wildman–Crippen MR) is 80.2 cm³/mol. The minimum atomic E-state index is -0.0965.